The predicted octanol–water partition coefficient (Wildman–Crippen LogP) is 3.04. The topological polar surface area (TPSA) is 83.7 Å². The summed E-state index contributed by atoms with van der Waals surface area (Å²) in [6.45, 7) is 4.25. The lowest BCUT2D eigenvalue weighted by atomic mass is 10.1. The molecule has 0 bridgehead atoms. The Morgan fingerprint density at radius 3 is 2.43 bits per heavy atom. The van der Waals surface area contributed by atoms with Crippen LogP contribution in [0.25, 0.3) is 0 Å². The Hall–Kier alpha value is -2.22. The maximum absolute atomic E-state index is 13.2. The van der Waals surface area contributed by atoms with Crippen LogP contribution < -0.4 is 10.0 Å². The van der Waals surface area contributed by atoms with E-state index in [-0.39, 0.29) is 24.6 Å². The van der Waals surface area contributed by atoms with Gasteiger partial charge in [-0.1, -0.05) is 42.5 Å². The number of para-hydroxylation sites is 1. The first-order valence-electron chi connectivity index (χ1n) is 10.5. The van der Waals surface area contributed by atoms with Crippen molar-refractivity contribution in [1.29, 1.82) is 0 Å². The van der Waals surface area contributed by atoms with Crippen LogP contribution in [-0.2, 0) is 16.6 Å². The number of sulfonamides is 1. The van der Waals surface area contributed by atoms with Gasteiger partial charge in [0.05, 0.1) is 24.5 Å². The third kappa shape index (κ3) is 5.68. The molecule has 0 amide bonds. The monoisotopic (exact) mass is 429 g/mol. The van der Waals surface area contributed by atoms with E-state index in [0.717, 1.165) is 18.7 Å². The number of hydrogen-bond acceptors (Lipinski definition) is 5. The lowest BCUT2D eigenvalue weighted by Gasteiger charge is -2.26. The van der Waals surface area contributed by atoms with Gasteiger partial charge in [-0.15, -0.1) is 0 Å². The van der Waals surface area contributed by atoms with Gasteiger partial charge in [0.1, 0.15) is 0 Å². The fraction of sp³-hybridized carbons (Fsp3) is 0.435. The molecular formula is C23H31N3O3S. The highest BCUT2D eigenvalue weighted by molar-refractivity contribution is 7.92. The summed E-state index contributed by atoms with van der Waals surface area (Å²) in [7, 11) is -3.49. The molecule has 2 aromatic rings. The molecule has 30 heavy (non-hydrogen) atoms. The largest absolute Gasteiger partial charge is 0.324 e. The molecule has 2 aromatic carbocycles. The second-order valence-electron chi connectivity index (χ2n) is 7.86. The van der Waals surface area contributed by atoms with Gasteiger partial charge in [-0.3, -0.25) is 9.10 Å². The predicted molar refractivity (Wildman–Crippen MR) is 121 cm³/mol. The van der Waals surface area contributed by atoms with E-state index in [1.54, 1.807) is 24.3 Å². The van der Waals surface area contributed by atoms with Crippen LogP contribution in [0.3, 0.4) is 0 Å². The van der Waals surface area contributed by atoms with Crippen molar-refractivity contribution in [2.75, 3.05) is 29.7 Å². The van der Waals surface area contributed by atoms with Crippen LogP contribution in [0.4, 0.5) is 5.69 Å². The fourth-order valence-corrected chi connectivity index (χ4v) is 5.41. The SMILES string of the molecule is C[C@H]1CCCN1CCCS(=O)(=O)N(Cc1ccc(C(=O)CN)cc1)c1ccccc1. The first-order valence-corrected chi connectivity index (χ1v) is 12.1. The molecule has 1 saturated heterocycles. The summed E-state index contributed by atoms with van der Waals surface area (Å²) >= 11 is 0. The molecule has 3 rings (SSSR count). The number of ketones is 1. The second kappa shape index (κ2) is 10.2. The van der Waals surface area contributed by atoms with Gasteiger partial charge in [0, 0.05) is 11.6 Å². The molecule has 0 radical (unpaired) electrons. The van der Waals surface area contributed by atoms with Crippen molar-refractivity contribution in [3.8, 4) is 0 Å². The number of nitrogens with two attached hydrogens (primary N) is 1. The highest BCUT2D eigenvalue weighted by Crippen LogP contribution is 2.23. The summed E-state index contributed by atoms with van der Waals surface area (Å²) in [6, 6.07) is 16.7. The Morgan fingerprint density at radius 1 is 1.13 bits per heavy atom. The highest BCUT2D eigenvalue weighted by atomic mass is 32.2. The molecule has 0 spiro atoms. The minimum absolute atomic E-state index is 0.0422. The normalized spacial score (nSPS) is 17.2. The van der Waals surface area contributed by atoms with Crippen molar-refractivity contribution in [3.05, 3.63) is 65.7 Å². The summed E-state index contributed by atoms with van der Waals surface area (Å²) in [5.74, 6) is -0.0280. The van der Waals surface area contributed by atoms with Crippen LogP contribution in [0, 0.1) is 0 Å². The van der Waals surface area contributed by atoms with E-state index in [1.807, 2.05) is 30.3 Å². The van der Waals surface area contributed by atoms with Crippen molar-refractivity contribution in [2.45, 2.75) is 38.8 Å². The Labute approximate surface area is 179 Å². The van der Waals surface area contributed by atoms with Crippen LogP contribution in [0.5, 0.6) is 0 Å². The zero-order valence-electron chi connectivity index (χ0n) is 17.5. The number of carbonyl (C=O) groups is 1. The van der Waals surface area contributed by atoms with Gasteiger partial charge < -0.3 is 10.6 Å². The molecule has 0 saturated carbocycles. The number of anilines is 1. The average molecular weight is 430 g/mol. The van der Waals surface area contributed by atoms with E-state index < -0.39 is 10.0 Å². The molecule has 2 N–H and O–H groups in total. The summed E-state index contributed by atoms with van der Waals surface area (Å²) < 4.78 is 28.0. The van der Waals surface area contributed by atoms with Gasteiger partial charge in [-0.05, 0) is 57.0 Å². The van der Waals surface area contributed by atoms with Crippen molar-refractivity contribution < 1.29 is 13.2 Å². The summed E-state index contributed by atoms with van der Waals surface area (Å²) in [6.07, 6.45) is 2.98. The smallest absolute Gasteiger partial charge is 0.235 e. The fourth-order valence-electron chi connectivity index (χ4n) is 3.91. The van der Waals surface area contributed by atoms with Crippen molar-refractivity contribution in [1.82, 2.24) is 4.90 Å². The van der Waals surface area contributed by atoms with Gasteiger partial charge in [-0.2, -0.15) is 0 Å². The van der Waals surface area contributed by atoms with Crippen LogP contribution in [-0.4, -0.2) is 50.5 Å². The quantitative estimate of drug-likeness (QED) is 0.587. The molecule has 6 nitrogen and oxygen atoms in total. The van der Waals surface area contributed by atoms with Crippen LogP contribution in [0.1, 0.15) is 42.1 Å². The maximum atomic E-state index is 13.2. The molecule has 1 aliphatic heterocycles. The minimum atomic E-state index is -3.49. The summed E-state index contributed by atoms with van der Waals surface area (Å²) in [5.41, 5.74) is 7.42. The average Bonchev–Trinajstić information content (AvgIpc) is 3.17. The van der Waals surface area contributed by atoms with E-state index in [2.05, 4.69) is 11.8 Å². The molecule has 1 aliphatic rings. The van der Waals surface area contributed by atoms with Crippen LogP contribution >= 0.6 is 0 Å². The van der Waals surface area contributed by atoms with Crippen molar-refractivity contribution in [3.63, 3.8) is 0 Å². The lowest BCUT2D eigenvalue weighted by molar-refractivity contribution is 0.100. The molecule has 162 valence electrons. The number of carbonyl (C=O) groups excluding carboxylic acids is 1. The zero-order valence-corrected chi connectivity index (χ0v) is 18.4. The molecule has 1 heterocycles. The Morgan fingerprint density at radius 2 is 1.83 bits per heavy atom. The number of benzene rings is 2. The standard InChI is InChI=1S/C23H31N3O3S/c1-19-7-5-14-25(19)15-6-16-30(28,29)26(22-8-3-2-4-9-22)18-20-10-12-21(13-11-20)23(27)17-24/h2-4,8-13,19H,5-7,14-18,24H2,1H3/t19-/m0/s1. The minimum Gasteiger partial charge on any atom is -0.324 e. The van der Waals surface area contributed by atoms with E-state index in [1.165, 1.54) is 17.1 Å². The molecular weight excluding hydrogens is 398 g/mol. The molecule has 0 unspecified atom stereocenters. The first kappa shape index (κ1) is 22.5. The third-order valence-electron chi connectivity index (χ3n) is 5.71. The molecule has 1 atom stereocenters. The Balaban J connectivity index is 1.74. The Bertz CT molecular complexity index is 930. The third-order valence-corrected chi connectivity index (χ3v) is 7.52. The zero-order chi connectivity index (χ0) is 21.6. The van der Waals surface area contributed by atoms with E-state index in [9.17, 15) is 13.2 Å². The second-order valence-corrected chi connectivity index (χ2v) is 9.88. The van der Waals surface area contributed by atoms with Crippen molar-refractivity contribution in [2.24, 2.45) is 5.73 Å². The summed E-state index contributed by atoms with van der Waals surface area (Å²) in [5, 5.41) is 0. The van der Waals surface area contributed by atoms with Crippen LogP contribution in [0.2, 0.25) is 0 Å². The van der Waals surface area contributed by atoms with Gasteiger partial charge in [0.15, 0.2) is 5.78 Å². The van der Waals surface area contributed by atoms with Gasteiger partial charge in [0.2, 0.25) is 10.0 Å². The first-order chi connectivity index (χ1) is 14.4. The molecule has 1 fully saturated rings. The van der Waals surface area contributed by atoms with Crippen LogP contribution in [0.15, 0.2) is 54.6 Å². The number of likely N-dealkylation sites (tertiary alicyclic amines) is 1. The lowest BCUT2D eigenvalue weighted by Crippen LogP contribution is -2.35. The molecule has 7 heteroatoms. The van der Waals surface area contributed by atoms with E-state index in [0.29, 0.717) is 23.7 Å². The van der Waals surface area contributed by atoms with Gasteiger partial charge >= 0.3 is 0 Å². The van der Waals surface area contributed by atoms with Gasteiger partial charge in [0.25, 0.3) is 0 Å². The Kier molecular flexibility index (Phi) is 7.64. The molecule has 0 aromatic heterocycles. The van der Waals surface area contributed by atoms with Crippen molar-refractivity contribution >= 4 is 21.5 Å². The summed E-state index contributed by atoms with van der Waals surface area (Å²) in [4.78, 5) is 14.1. The highest BCUT2D eigenvalue weighted by Gasteiger charge is 2.25. The van der Waals surface area contributed by atoms with Gasteiger partial charge in [-0.25, -0.2) is 8.42 Å². The number of hydrogen-bond donors (Lipinski definition) is 1. The number of nitrogens with zero attached hydrogens (tertiary/aromatic N) is 2. The molecule has 0 aliphatic carbocycles. The van der Waals surface area contributed by atoms with E-state index in [4.69, 9.17) is 5.73 Å². The maximum Gasteiger partial charge on any atom is 0.235 e. The van der Waals surface area contributed by atoms with E-state index >= 15 is 0 Å². The number of rotatable bonds is 10. The number of Topliss-reactive ketones (excluding diaryl/α,β-unsaturated/α-hetero) is 1.